The van der Waals surface area contributed by atoms with Crippen molar-refractivity contribution in [3.05, 3.63) is 65.4 Å². The van der Waals surface area contributed by atoms with E-state index in [-0.39, 0.29) is 12.7 Å². The molecule has 1 aliphatic carbocycles. The van der Waals surface area contributed by atoms with E-state index in [0.717, 1.165) is 35.0 Å². The van der Waals surface area contributed by atoms with E-state index < -0.39 is 0 Å². The Bertz CT molecular complexity index is 1070. The number of ether oxygens (including phenoxy) is 2. The fraction of sp³-hybridized carbons (Fsp3) is 0.190. The Morgan fingerprint density at radius 3 is 2.93 bits per heavy atom. The molecular formula is C21H17N3O3. The summed E-state index contributed by atoms with van der Waals surface area (Å²) in [5.74, 6) is 1.53. The zero-order chi connectivity index (χ0) is 18.2. The molecule has 0 bridgehead atoms. The van der Waals surface area contributed by atoms with Crippen LogP contribution in [0.25, 0.3) is 10.9 Å². The van der Waals surface area contributed by atoms with Gasteiger partial charge in [0.15, 0.2) is 11.5 Å². The maximum atomic E-state index is 12.8. The largest absolute Gasteiger partial charge is 0.454 e. The summed E-state index contributed by atoms with van der Waals surface area (Å²) in [6.07, 6.45) is 3.83. The zero-order valence-corrected chi connectivity index (χ0v) is 14.5. The fourth-order valence-corrected chi connectivity index (χ4v) is 3.25. The van der Waals surface area contributed by atoms with Gasteiger partial charge in [-0.2, -0.15) is 5.10 Å². The van der Waals surface area contributed by atoms with Crippen molar-refractivity contribution < 1.29 is 14.3 Å². The van der Waals surface area contributed by atoms with Gasteiger partial charge in [0, 0.05) is 22.6 Å². The number of amides is 1. The number of nitrogens with one attached hydrogen (secondary N) is 1. The predicted octanol–water partition coefficient (Wildman–Crippen LogP) is 3.60. The lowest BCUT2D eigenvalue weighted by molar-refractivity contribution is 0.0956. The number of hydrazone groups is 1. The number of rotatable bonds is 4. The van der Waals surface area contributed by atoms with Crippen LogP contribution in [-0.2, 0) is 0 Å². The van der Waals surface area contributed by atoms with Crippen LogP contribution in [0.15, 0.2) is 53.6 Å². The minimum absolute atomic E-state index is 0.194. The predicted molar refractivity (Wildman–Crippen MR) is 101 cm³/mol. The second-order valence-electron chi connectivity index (χ2n) is 6.67. The molecular weight excluding hydrogens is 342 g/mol. The van der Waals surface area contributed by atoms with Gasteiger partial charge in [0.25, 0.3) is 5.91 Å². The lowest BCUT2D eigenvalue weighted by atomic mass is 10.1. The molecule has 2 heterocycles. The third-order valence-electron chi connectivity index (χ3n) is 4.77. The number of carbonyl (C=O) groups is 1. The van der Waals surface area contributed by atoms with E-state index in [4.69, 9.17) is 14.5 Å². The number of hydrogen-bond acceptors (Lipinski definition) is 5. The average molecular weight is 359 g/mol. The Morgan fingerprint density at radius 2 is 2.04 bits per heavy atom. The molecule has 0 unspecified atom stereocenters. The first-order chi connectivity index (χ1) is 13.3. The molecule has 0 spiro atoms. The molecule has 2 aromatic carbocycles. The van der Waals surface area contributed by atoms with Crippen LogP contribution in [-0.4, -0.2) is 23.9 Å². The molecule has 1 saturated carbocycles. The van der Waals surface area contributed by atoms with Crippen LogP contribution in [0.3, 0.4) is 0 Å². The average Bonchev–Trinajstić information content (AvgIpc) is 3.44. The summed E-state index contributed by atoms with van der Waals surface area (Å²) in [5, 5.41) is 4.94. The third-order valence-corrected chi connectivity index (χ3v) is 4.77. The Labute approximate surface area is 155 Å². The lowest BCUT2D eigenvalue weighted by Crippen LogP contribution is -2.18. The third kappa shape index (κ3) is 2.99. The van der Waals surface area contributed by atoms with Crippen LogP contribution >= 0.6 is 0 Å². The summed E-state index contributed by atoms with van der Waals surface area (Å²) >= 11 is 0. The summed E-state index contributed by atoms with van der Waals surface area (Å²) in [6, 6.07) is 15.1. The molecule has 134 valence electrons. The smallest absolute Gasteiger partial charge is 0.272 e. The van der Waals surface area contributed by atoms with E-state index in [9.17, 15) is 4.79 Å². The van der Waals surface area contributed by atoms with Gasteiger partial charge in [-0.05, 0) is 37.1 Å². The number of fused-ring (bicyclic) bond motifs is 2. The summed E-state index contributed by atoms with van der Waals surface area (Å²) in [7, 11) is 0. The van der Waals surface area contributed by atoms with Gasteiger partial charge in [-0.3, -0.25) is 9.78 Å². The summed E-state index contributed by atoms with van der Waals surface area (Å²) in [5.41, 5.74) is 5.79. The van der Waals surface area contributed by atoms with Crippen LogP contribution in [0, 0.1) is 0 Å². The highest BCUT2D eigenvalue weighted by Gasteiger charge is 2.27. The molecule has 0 atom stereocenters. The van der Waals surface area contributed by atoms with Gasteiger partial charge in [0.1, 0.15) is 0 Å². The number of hydrogen-bond donors (Lipinski definition) is 1. The molecule has 6 nitrogen and oxygen atoms in total. The monoisotopic (exact) mass is 359 g/mol. The summed E-state index contributed by atoms with van der Waals surface area (Å²) < 4.78 is 10.8. The van der Waals surface area contributed by atoms with Gasteiger partial charge in [-0.1, -0.05) is 24.3 Å². The van der Waals surface area contributed by atoms with Crippen molar-refractivity contribution >= 4 is 23.0 Å². The molecule has 27 heavy (non-hydrogen) atoms. The number of carbonyl (C=O) groups excluding carboxylic acids is 1. The quantitative estimate of drug-likeness (QED) is 0.571. The first-order valence-corrected chi connectivity index (χ1v) is 8.91. The second-order valence-corrected chi connectivity index (χ2v) is 6.67. The Morgan fingerprint density at radius 1 is 1.15 bits per heavy atom. The Hall–Kier alpha value is -3.41. The number of benzene rings is 2. The molecule has 2 aliphatic rings. The molecule has 1 N–H and O–H groups in total. The molecule has 0 saturated heterocycles. The van der Waals surface area contributed by atoms with E-state index in [2.05, 4.69) is 10.5 Å². The highest BCUT2D eigenvalue weighted by molar-refractivity contribution is 6.06. The van der Waals surface area contributed by atoms with Gasteiger partial charge in [-0.15, -0.1) is 0 Å². The fourth-order valence-electron chi connectivity index (χ4n) is 3.25. The molecule has 5 rings (SSSR count). The maximum Gasteiger partial charge on any atom is 0.272 e. The normalized spacial score (nSPS) is 15.4. The molecule has 1 aliphatic heterocycles. The molecule has 0 radical (unpaired) electrons. The van der Waals surface area contributed by atoms with Crippen LogP contribution < -0.4 is 14.9 Å². The standard InChI is InChI=1S/C21H17N3O3/c25-21(24-22-11-14-4-3-7-19-20(14)27-12-26-19)16-10-18(13-8-9-13)23-17-6-2-1-5-15(16)17/h1-7,10-11,13H,8-9,12H2,(H,24,25). The second kappa shape index (κ2) is 6.39. The molecule has 1 fully saturated rings. The summed E-state index contributed by atoms with van der Waals surface area (Å²) in [4.78, 5) is 17.5. The number of pyridine rings is 1. The van der Waals surface area contributed by atoms with E-state index in [0.29, 0.717) is 23.0 Å². The SMILES string of the molecule is O=C(NN=Cc1cccc2c1OCO2)c1cc(C2CC2)nc2ccccc12. The maximum absolute atomic E-state index is 12.8. The topological polar surface area (TPSA) is 72.8 Å². The molecule has 1 amide bonds. The van der Waals surface area contributed by atoms with E-state index >= 15 is 0 Å². The number of nitrogens with zero attached hydrogens (tertiary/aromatic N) is 2. The molecule has 6 heteroatoms. The number of aromatic nitrogens is 1. The van der Waals surface area contributed by atoms with E-state index in [1.165, 1.54) is 0 Å². The van der Waals surface area contributed by atoms with Crippen molar-refractivity contribution in [3.8, 4) is 11.5 Å². The first kappa shape index (κ1) is 15.8. The van der Waals surface area contributed by atoms with Crippen molar-refractivity contribution in [1.82, 2.24) is 10.4 Å². The minimum atomic E-state index is -0.253. The zero-order valence-electron chi connectivity index (χ0n) is 14.5. The van der Waals surface area contributed by atoms with Crippen molar-refractivity contribution in [2.75, 3.05) is 6.79 Å². The Kier molecular flexibility index (Phi) is 3.74. The van der Waals surface area contributed by atoms with Crippen molar-refractivity contribution in [2.24, 2.45) is 5.10 Å². The summed E-state index contributed by atoms with van der Waals surface area (Å²) in [6.45, 7) is 0.194. The number of para-hydroxylation sites is 2. The van der Waals surface area contributed by atoms with Crippen molar-refractivity contribution in [3.63, 3.8) is 0 Å². The highest BCUT2D eigenvalue weighted by Crippen LogP contribution is 2.40. The van der Waals surface area contributed by atoms with Crippen molar-refractivity contribution in [2.45, 2.75) is 18.8 Å². The van der Waals surface area contributed by atoms with Gasteiger partial charge in [0.2, 0.25) is 6.79 Å². The van der Waals surface area contributed by atoms with Crippen LogP contribution in [0.5, 0.6) is 11.5 Å². The minimum Gasteiger partial charge on any atom is -0.454 e. The van der Waals surface area contributed by atoms with Gasteiger partial charge in [-0.25, -0.2) is 5.43 Å². The molecule has 3 aromatic rings. The Balaban J connectivity index is 1.42. The van der Waals surface area contributed by atoms with Crippen LogP contribution in [0.4, 0.5) is 0 Å². The van der Waals surface area contributed by atoms with Gasteiger partial charge in [0.05, 0.1) is 17.3 Å². The van der Waals surface area contributed by atoms with Gasteiger partial charge >= 0.3 is 0 Å². The van der Waals surface area contributed by atoms with Gasteiger partial charge < -0.3 is 9.47 Å². The highest BCUT2D eigenvalue weighted by atomic mass is 16.7. The van der Waals surface area contributed by atoms with E-state index in [1.54, 1.807) is 6.21 Å². The van der Waals surface area contributed by atoms with E-state index in [1.807, 2.05) is 48.5 Å². The first-order valence-electron chi connectivity index (χ1n) is 8.91. The van der Waals surface area contributed by atoms with Crippen LogP contribution in [0.2, 0.25) is 0 Å². The van der Waals surface area contributed by atoms with Crippen molar-refractivity contribution in [1.29, 1.82) is 0 Å². The lowest BCUT2D eigenvalue weighted by Gasteiger charge is -2.08. The molecule has 1 aromatic heterocycles. The van der Waals surface area contributed by atoms with Crippen LogP contribution in [0.1, 0.15) is 40.4 Å².